The van der Waals surface area contributed by atoms with Crippen LogP contribution in [0.2, 0.25) is 0 Å². The lowest BCUT2D eigenvalue weighted by atomic mass is 9.92. The molecule has 0 aromatic carbocycles. The first-order chi connectivity index (χ1) is 24.8. The fourth-order valence-corrected chi connectivity index (χ4v) is 7.89. The molecule has 8 N–H and O–H groups in total. The van der Waals surface area contributed by atoms with Crippen molar-refractivity contribution in [3.8, 4) is 0 Å². The lowest BCUT2D eigenvalue weighted by molar-refractivity contribution is -0.305. The molecule has 0 saturated carbocycles. The second-order valence-corrected chi connectivity index (χ2v) is 16.0. The van der Waals surface area contributed by atoms with Gasteiger partial charge in [0, 0.05) is 24.4 Å². The third kappa shape index (κ3) is 17.3. The van der Waals surface area contributed by atoms with E-state index in [1.165, 1.54) is 109 Å². The van der Waals surface area contributed by atoms with Crippen LogP contribution in [0.25, 0.3) is 0 Å². The van der Waals surface area contributed by atoms with Crippen molar-refractivity contribution < 1.29 is 44.8 Å². The summed E-state index contributed by atoms with van der Waals surface area (Å²) in [5.74, 6) is 0.248. The molecule has 302 valence electrons. The number of unbranched alkanes of at least 4 members (excludes halogenated alkanes) is 18. The minimum Gasteiger partial charge on any atom is -0.394 e. The van der Waals surface area contributed by atoms with E-state index in [0.717, 1.165) is 57.8 Å². The van der Waals surface area contributed by atoms with Gasteiger partial charge < -0.3 is 44.8 Å². The van der Waals surface area contributed by atoms with Gasteiger partial charge in [0.05, 0.1) is 44.8 Å². The van der Waals surface area contributed by atoms with Crippen molar-refractivity contribution in [1.82, 2.24) is 10.6 Å². The maximum atomic E-state index is 11.4. The zero-order valence-corrected chi connectivity index (χ0v) is 32.1. The Morgan fingerprint density at radius 1 is 0.686 bits per heavy atom. The highest BCUT2D eigenvalue weighted by Gasteiger charge is 2.45. The molecule has 51 heavy (non-hydrogen) atoms. The van der Waals surface area contributed by atoms with Crippen LogP contribution in [-0.2, 0) is 14.2 Å². The smallest absolute Gasteiger partial charge is 0.186 e. The molecule has 3 heterocycles. The number of nitrogens with one attached hydrogen (secondary N) is 2. The molecule has 0 aromatic heterocycles. The predicted molar refractivity (Wildman–Crippen MR) is 200 cm³/mol. The van der Waals surface area contributed by atoms with Crippen molar-refractivity contribution in [2.24, 2.45) is 11.8 Å². The van der Waals surface area contributed by atoms with E-state index < -0.39 is 55.4 Å². The van der Waals surface area contributed by atoms with E-state index in [4.69, 9.17) is 14.2 Å². The summed E-state index contributed by atoms with van der Waals surface area (Å²) in [5, 5.41) is 70.2. The normalized spacial score (nSPS) is 28.9. The van der Waals surface area contributed by atoms with Gasteiger partial charge in [-0.3, -0.25) is 10.6 Å². The van der Waals surface area contributed by atoms with Gasteiger partial charge in [-0.25, -0.2) is 0 Å². The van der Waals surface area contributed by atoms with Crippen molar-refractivity contribution in [3.63, 3.8) is 0 Å². The molecule has 10 atom stereocenters. The quantitative estimate of drug-likeness (QED) is 0.0466. The number of ether oxygens (including phenoxy) is 3. The van der Waals surface area contributed by atoms with Crippen molar-refractivity contribution in [3.05, 3.63) is 0 Å². The van der Waals surface area contributed by atoms with Gasteiger partial charge in [0.2, 0.25) is 0 Å². The van der Waals surface area contributed by atoms with Crippen molar-refractivity contribution in [2.45, 2.75) is 210 Å². The SMILES string of the molecule is CCCCCCCCCCCCCC[C@@H](O)[C@@H](O)[C@H](COC1OC(CO)C(O)C(O)C1O)C1NCC(CCCCCCCCCCC2COC2)N1. The van der Waals surface area contributed by atoms with Crippen LogP contribution in [0.1, 0.15) is 155 Å². The largest absolute Gasteiger partial charge is 0.394 e. The average molecular weight is 731 g/mol. The van der Waals surface area contributed by atoms with Gasteiger partial charge >= 0.3 is 0 Å². The Balaban J connectivity index is 1.37. The van der Waals surface area contributed by atoms with Crippen LogP contribution in [0.15, 0.2) is 0 Å². The minimum absolute atomic E-state index is 0.0643. The third-order valence-corrected chi connectivity index (χ3v) is 11.5. The fourth-order valence-electron chi connectivity index (χ4n) is 7.89. The summed E-state index contributed by atoms with van der Waals surface area (Å²) in [6.45, 7) is 4.31. The second-order valence-electron chi connectivity index (χ2n) is 16.0. The fraction of sp³-hybridized carbons (Fsp3) is 1.00. The molecule has 3 rings (SSSR count). The number of hydrogen-bond donors (Lipinski definition) is 8. The lowest BCUT2D eigenvalue weighted by Gasteiger charge is -2.40. The Hall–Kier alpha value is -0.440. The molecule has 3 saturated heterocycles. The average Bonchev–Trinajstić information content (AvgIpc) is 3.58. The Morgan fingerprint density at radius 3 is 1.78 bits per heavy atom. The molecule has 3 aliphatic heterocycles. The molecule has 0 spiro atoms. The molecule has 11 heteroatoms. The standard InChI is InChI=1S/C40H78N2O9/c1-2-3-4-5-6-7-8-9-10-15-18-21-24-33(44)35(45)32(29-50-40-38(48)37(47)36(46)34(26-43)51-40)39-41-25-31(42-39)23-20-17-14-12-11-13-16-19-22-30-27-49-28-30/h30-48H,2-29H2,1H3/t31?,32-,33+,34?,35-,36?,37?,38?,39?,40?/m0/s1. The van der Waals surface area contributed by atoms with Crippen LogP contribution >= 0.6 is 0 Å². The number of aliphatic hydroxyl groups excluding tert-OH is 6. The molecule has 0 radical (unpaired) electrons. The van der Waals surface area contributed by atoms with E-state index in [0.29, 0.717) is 6.42 Å². The Bertz CT molecular complexity index is 838. The molecule has 0 bridgehead atoms. The highest BCUT2D eigenvalue weighted by atomic mass is 16.7. The summed E-state index contributed by atoms with van der Waals surface area (Å²) in [5.41, 5.74) is 0. The number of rotatable bonds is 31. The second kappa shape index (κ2) is 27.2. The zero-order valence-electron chi connectivity index (χ0n) is 32.1. The molecule has 0 aromatic rings. The summed E-state index contributed by atoms with van der Waals surface area (Å²) in [7, 11) is 0. The van der Waals surface area contributed by atoms with Crippen molar-refractivity contribution in [2.75, 3.05) is 33.0 Å². The molecule has 0 amide bonds. The first-order valence-electron chi connectivity index (χ1n) is 21.2. The third-order valence-electron chi connectivity index (χ3n) is 11.5. The summed E-state index contributed by atoms with van der Waals surface area (Å²) in [4.78, 5) is 0. The van der Waals surface area contributed by atoms with Crippen molar-refractivity contribution in [1.29, 1.82) is 0 Å². The Labute approximate surface area is 309 Å². The molecule has 0 aliphatic carbocycles. The Morgan fingerprint density at radius 2 is 1.24 bits per heavy atom. The predicted octanol–water partition coefficient (Wildman–Crippen LogP) is 4.67. The first-order valence-corrected chi connectivity index (χ1v) is 21.2. The lowest BCUT2D eigenvalue weighted by Crippen LogP contribution is -2.60. The van der Waals surface area contributed by atoms with Crippen LogP contribution in [-0.4, -0.2) is 119 Å². The topological polar surface area (TPSA) is 173 Å². The molecular formula is C40H78N2O9. The van der Waals surface area contributed by atoms with Gasteiger partial charge in [0.25, 0.3) is 0 Å². The monoisotopic (exact) mass is 731 g/mol. The summed E-state index contributed by atoms with van der Waals surface area (Å²) in [6, 6.07) is 0.237. The highest BCUT2D eigenvalue weighted by Crippen LogP contribution is 2.26. The van der Waals surface area contributed by atoms with Crippen molar-refractivity contribution >= 4 is 0 Å². The highest BCUT2D eigenvalue weighted by molar-refractivity contribution is 4.93. The van der Waals surface area contributed by atoms with Crippen LogP contribution in [0, 0.1) is 11.8 Å². The summed E-state index contributed by atoms with van der Waals surface area (Å²) >= 11 is 0. The first kappa shape index (κ1) is 45.0. The van der Waals surface area contributed by atoms with Crippen LogP contribution in [0.5, 0.6) is 0 Å². The van der Waals surface area contributed by atoms with E-state index in [1.54, 1.807) is 0 Å². The van der Waals surface area contributed by atoms with Gasteiger partial charge in [0.15, 0.2) is 6.29 Å². The number of aliphatic hydroxyl groups is 6. The van der Waals surface area contributed by atoms with Crippen LogP contribution in [0.4, 0.5) is 0 Å². The maximum Gasteiger partial charge on any atom is 0.186 e. The van der Waals surface area contributed by atoms with E-state index in [9.17, 15) is 30.6 Å². The number of hydrogen-bond acceptors (Lipinski definition) is 11. The van der Waals surface area contributed by atoms with Gasteiger partial charge in [-0.05, 0) is 19.3 Å². The van der Waals surface area contributed by atoms with Crippen LogP contribution in [0.3, 0.4) is 0 Å². The summed E-state index contributed by atoms with van der Waals surface area (Å²) in [6.07, 6.45) is 18.5. The van der Waals surface area contributed by atoms with E-state index in [-0.39, 0.29) is 18.8 Å². The molecular weight excluding hydrogens is 652 g/mol. The minimum atomic E-state index is -1.54. The molecule has 11 nitrogen and oxygen atoms in total. The Kier molecular flexibility index (Phi) is 24.0. The zero-order chi connectivity index (χ0) is 36.7. The van der Waals surface area contributed by atoms with Crippen LogP contribution < -0.4 is 10.6 Å². The van der Waals surface area contributed by atoms with Gasteiger partial charge in [-0.15, -0.1) is 0 Å². The van der Waals surface area contributed by atoms with E-state index in [2.05, 4.69) is 17.6 Å². The van der Waals surface area contributed by atoms with E-state index >= 15 is 0 Å². The summed E-state index contributed by atoms with van der Waals surface area (Å²) < 4.78 is 16.7. The van der Waals surface area contributed by atoms with E-state index in [1.807, 2.05) is 0 Å². The maximum absolute atomic E-state index is 11.4. The van der Waals surface area contributed by atoms with Gasteiger partial charge in [-0.1, -0.05) is 135 Å². The molecule has 7 unspecified atom stereocenters. The van der Waals surface area contributed by atoms with Gasteiger partial charge in [0.1, 0.15) is 24.4 Å². The molecule has 3 aliphatic rings. The van der Waals surface area contributed by atoms with Gasteiger partial charge in [-0.2, -0.15) is 0 Å². The molecule has 3 fully saturated rings.